The van der Waals surface area contributed by atoms with Gasteiger partial charge in [0.25, 0.3) is 0 Å². The minimum Gasteiger partial charge on any atom is -0.496 e. The van der Waals surface area contributed by atoms with Crippen LogP contribution in [0.1, 0.15) is 0 Å². The van der Waals surface area contributed by atoms with Gasteiger partial charge >= 0.3 is 0 Å². The van der Waals surface area contributed by atoms with E-state index in [1.54, 1.807) is 19.5 Å². The summed E-state index contributed by atoms with van der Waals surface area (Å²) in [6.07, 6.45) is 1.74. The largest absolute Gasteiger partial charge is 0.496 e. The molecule has 1 aromatic heterocycles. The molecule has 5 heteroatoms. The van der Waals surface area contributed by atoms with Crippen LogP contribution in [0.4, 0.5) is 0 Å². The van der Waals surface area contributed by atoms with E-state index in [0.29, 0.717) is 5.02 Å². The first kappa shape index (κ1) is 11.5. The maximum absolute atomic E-state index is 5.98. The van der Waals surface area contributed by atoms with Crippen LogP contribution in [-0.4, -0.2) is 16.7 Å². The van der Waals surface area contributed by atoms with Crippen molar-refractivity contribution in [3.63, 3.8) is 0 Å². The Labute approximate surface area is 107 Å². The second-order valence-electron chi connectivity index (χ2n) is 3.34. The van der Waals surface area contributed by atoms with Gasteiger partial charge in [-0.25, -0.2) is 4.98 Å². The van der Waals surface area contributed by atoms with Gasteiger partial charge < -0.3 is 9.30 Å². The van der Waals surface area contributed by atoms with E-state index in [4.69, 9.17) is 16.3 Å². The molecule has 0 fully saturated rings. The molecule has 0 N–H and O–H groups in total. The number of nitrogens with zero attached hydrogens (tertiary/aromatic N) is 2. The van der Waals surface area contributed by atoms with Crippen molar-refractivity contribution in [2.45, 2.75) is 0 Å². The molecule has 2 aromatic rings. The molecule has 0 amide bonds. The molecule has 1 aromatic carbocycles. The average Bonchev–Trinajstić information content (AvgIpc) is 2.60. The number of benzene rings is 1. The Morgan fingerprint density at radius 1 is 1.44 bits per heavy atom. The van der Waals surface area contributed by atoms with Gasteiger partial charge in [-0.05, 0) is 34.1 Å². The SMILES string of the molecule is COc1ccc(Cl)cc1-c1ncn(C)c1Br. The highest BCUT2D eigenvalue weighted by atomic mass is 79.9. The summed E-state index contributed by atoms with van der Waals surface area (Å²) in [6.45, 7) is 0. The van der Waals surface area contributed by atoms with Crippen LogP contribution in [0.5, 0.6) is 5.75 Å². The second kappa shape index (κ2) is 4.47. The van der Waals surface area contributed by atoms with E-state index in [1.165, 1.54) is 0 Å². The lowest BCUT2D eigenvalue weighted by molar-refractivity contribution is 0.416. The zero-order valence-corrected chi connectivity index (χ0v) is 11.2. The molecule has 0 saturated heterocycles. The predicted molar refractivity (Wildman–Crippen MR) is 67.9 cm³/mol. The summed E-state index contributed by atoms with van der Waals surface area (Å²) >= 11 is 9.45. The van der Waals surface area contributed by atoms with E-state index in [0.717, 1.165) is 21.6 Å². The molecule has 3 nitrogen and oxygen atoms in total. The summed E-state index contributed by atoms with van der Waals surface area (Å²) in [6, 6.07) is 5.47. The standard InChI is InChI=1S/C11H10BrClN2O/c1-15-6-14-10(11(15)12)8-5-7(13)3-4-9(8)16-2/h3-6H,1-2H3. The van der Waals surface area contributed by atoms with Gasteiger partial charge in [-0.1, -0.05) is 11.6 Å². The van der Waals surface area contributed by atoms with Gasteiger partial charge in [-0.15, -0.1) is 0 Å². The fourth-order valence-electron chi connectivity index (χ4n) is 1.46. The van der Waals surface area contributed by atoms with Crippen LogP contribution in [0.15, 0.2) is 29.1 Å². The Morgan fingerprint density at radius 2 is 2.19 bits per heavy atom. The summed E-state index contributed by atoms with van der Waals surface area (Å²) in [5.74, 6) is 0.754. The smallest absolute Gasteiger partial charge is 0.128 e. The molecule has 1 heterocycles. The van der Waals surface area contributed by atoms with Crippen LogP contribution in [0.2, 0.25) is 5.02 Å². The molecular weight excluding hydrogens is 291 g/mol. The first-order valence-electron chi connectivity index (χ1n) is 4.64. The van der Waals surface area contributed by atoms with Gasteiger partial charge in [0, 0.05) is 17.6 Å². The van der Waals surface area contributed by atoms with Gasteiger partial charge in [-0.2, -0.15) is 0 Å². The van der Waals surface area contributed by atoms with Crippen molar-refractivity contribution in [3.05, 3.63) is 34.2 Å². The summed E-state index contributed by atoms with van der Waals surface area (Å²) in [5, 5.41) is 0.661. The zero-order chi connectivity index (χ0) is 11.7. The van der Waals surface area contributed by atoms with E-state index >= 15 is 0 Å². The van der Waals surface area contributed by atoms with Crippen LogP contribution in [0.25, 0.3) is 11.3 Å². The molecule has 0 bridgehead atoms. The second-order valence-corrected chi connectivity index (χ2v) is 4.53. The molecular formula is C11H10BrClN2O. The number of methoxy groups -OCH3 is 1. The molecule has 0 aliphatic heterocycles. The molecule has 0 radical (unpaired) electrons. The monoisotopic (exact) mass is 300 g/mol. The lowest BCUT2D eigenvalue weighted by atomic mass is 10.1. The fraction of sp³-hybridized carbons (Fsp3) is 0.182. The van der Waals surface area contributed by atoms with Crippen LogP contribution in [-0.2, 0) is 7.05 Å². The number of aromatic nitrogens is 2. The molecule has 0 aliphatic carbocycles. The van der Waals surface area contributed by atoms with Crippen molar-refractivity contribution in [2.24, 2.45) is 7.05 Å². The topological polar surface area (TPSA) is 27.1 Å². The number of halogens is 2. The summed E-state index contributed by atoms with van der Waals surface area (Å²) in [7, 11) is 3.54. The predicted octanol–water partition coefficient (Wildman–Crippen LogP) is 3.51. The van der Waals surface area contributed by atoms with E-state index < -0.39 is 0 Å². The first-order valence-corrected chi connectivity index (χ1v) is 5.81. The Bertz CT molecular complexity index is 525. The third-order valence-electron chi connectivity index (χ3n) is 2.28. The van der Waals surface area contributed by atoms with Crippen molar-refractivity contribution in [1.29, 1.82) is 0 Å². The van der Waals surface area contributed by atoms with Crippen molar-refractivity contribution < 1.29 is 4.74 Å². The normalized spacial score (nSPS) is 10.5. The Balaban J connectivity index is 2.62. The highest BCUT2D eigenvalue weighted by Gasteiger charge is 2.13. The van der Waals surface area contributed by atoms with Crippen molar-refractivity contribution >= 4 is 27.5 Å². The molecule has 0 saturated carbocycles. The summed E-state index contributed by atoms with van der Waals surface area (Å²) in [4.78, 5) is 4.31. The van der Waals surface area contributed by atoms with Gasteiger partial charge in [0.1, 0.15) is 16.0 Å². The third-order valence-corrected chi connectivity index (χ3v) is 3.45. The number of hydrogen-bond donors (Lipinski definition) is 0. The van der Waals surface area contributed by atoms with Crippen LogP contribution < -0.4 is 4.74 Å². The van der Waals surface area contributed by atoms with E-state index in [-0.39, 0.29) is 0 Å². The lowest BCUT2D eigenvalue weighted by Gasteiger charge is -2.07. The van der Waals surface area contributed by atoms with Crippen LogP contribution in [0, 0.1) is 0 Å². The maximum atomic E-state index is 5.98. The summed E-state index contributed by atoms with van der Waals surface area (Å²) < 4.78 is 8.07. The third kappa shape index (κ3) is 1.95. The van der Waals surface area contributed by atoms with Gasteiger partial charge in [-0.3, -0.25) is 0 Å². The number of hydrogen-bond acceptors (Lipinski definition) is 2. The molecule has 0 spiro atoms. The molecule has 0 unspecified atom stereocenters. The van der Waals surface area contributed by atoms with Crippen molar-refractivity contribution in [2.75, 3.05) is 7.11 Å². The average molecular weight is 302 g/mol. The number of aryl methyl sites for hydroxylation is 1. The highest BCUT2D eigenvalue weighted by molar-refractivity contribution is 9.10. The minimum absolute atomic E-state index is 0.661. The van der Waals surface area contributed by atoms with Crippen LogP contribution in [0.3, 0.4) is 0 Å². The van der Waals surface area contributed by atoms with Gasteiger partial charge in [0.05, 0.1) is 13.4 Å². The van der Waals surface area contributed by atoms with Crippen LogP contribution >= 0.6 is 27.5 Å². The fourth-order valence-corrected chi connectivity index (χ4v) is 2.04. The Morgan fingerprint density at radius 3 is 2.75 bits per heavy atom. The Kier molecular flexibility index (Phi) is 3.21. The van der Waals surface area contributed by atoms with E-state index in [1.807, 2.05) is 23.7 Å². The van der Waals surface area contributed by atoms with Crippen molar-refractivity contribution in [3.8, 4) is 17.0 Å². The highest BCUT2D eigenvalue weighted by Crippen LogP contribution is 2.35. The maximum Gasteiger partial charge on any atom is 0.128 e. The first-order chi connectivity index (χ1) is 7.63. The zero-order valence-electron chi connectivity index (χ0n) is 8.87. The molecule has 2 rings (SSSR count). The van der Waals surface area contributed by atoms with Gasteiger partial charge in [0.15, 0.2) is 0 Å². The number of ether oxygens (including phenoxy) is 1. The number of imidazole rings is 1. The molecule has 0 atom stereocenters. The van der Waals surface area contributed by atoms with Crippen molar-refractivity contribution in [1.82, 2.24) is 9.55 Å². The molecule has 84 valence electrons. The number of rotatable bonds is 2. The molecule has 0 aliphatic rings. The van der Waals surface area contributed by atoms with Gasteiger partial charge in [0.2, 0.25) is 0 Å². The quantitative estimate of drug-likeness (QED) is 0.849. The Hall–Kier alpha value is -1.00. The summed E-state index contributed by atoms with van der Waals surface area (Å²) in [5.41, 5.74) is 1.70. The van der Waals surface area contributed by atoms with E-state index in [2.05, 4.69) is 20.9 Å². The van der Waals surface area contributed by atoms with E-state index in [9.17, 15) is 0 Å². The molecule has 16 heavy (non-hydrogen) atoms. The lowest BCUT2D eigenvalue weighted by Crippen LogP contribution is -1.89. The minimum atomic E-state index is 0.661.